The molecule has 0 spiro atoms. The number of nitro groups is 1. The topological polar surface area (TPSA) is 69.4 Å². The molecule has 0 aliphatic rings. The average molecular weight is 151 g/mol. The molecule has 0 N–H and O–H groups in total. The number of hydrogen-bond donors (Lipinski definition) is 0. The van der Waals surface area contributed by atoms with Gasteiger partial charge in [0.1, 0.15) is 0 Å². The number of methoxy groups -OCH3 is 1. The average Bonchev–Trinajstić information content (AvgIpc) is 1.88. The van der Waals surface area contributed by atoms with Crippen LogP contribution in [0, 0.1) is 10.1 Å². The Labute approximate surface area is 55.9 Å². The van der Waals surface area contributed by atoms with E-state index < -0.39 is 23.6 Å². The Kier molecular flexibility index (Phi) is 3.30. The van der Waals surface area contributed by atoms with Crippen LogP contribution in [0.5, 0.6) is 0 Å². The Morgan fingerprint density at radius 3 is 2.50 bits per heavy atom. The smallest absolute Gasteiger partial charge is 0.384 e. The largest absolute Gasteiger partial charge is 0.464 e. The van der Waals surface area contributed by atoms with E-state index in [-0.39, 0.29) is 0 Å². The zero-order valence-corrected chi connectivity index (χ0v) is 5.24. The molecule has 58 valence electrons. The quantitative estimate of drug-likeness (QED) is 0.317. The molecule has 1 unspecified atom stereocenters. The molecule has 0 aromatic carbocycles. The first-order valence-corrected chi connectivity index (χ1v) is 2.40. The highest BCUT2D eigenvalue weighted by Crippen LogP contribution is 1.93. The molecule has 0 radical (unpaired) electrons. The second-order valence-electron chi connectivity index (χ2n) is 1.48. The van der Waals surface area contributed by atoms with Crippen LogP contribution in [0.2, 0.25) is 0 Å². The zero-order valence-electron chi connectivity index (χ0n) is 5.24. The Bertz CT molecular complexity index is 148. The highest BCUT2D eigenvalue weighted by Gasteiger charge is 2.30. The standard InChI is InChI=1S/C4H6FNO4/c1-10-4(7)3(2-5)6(8)9/h3H,2H2,1H3. The van der Waals surface area contributed by atoms with Crippen LogP contribution in [-0.4, -0.2) is 30.7 Å². The van der Waals surface area contributed by atoms with Crippen molar-refractivity contribution in [3.8, 4) is 0 Å². The highest BCUT2D eigenvalue weighted by molar-refractivity contribution is 5.74. The third-order valence-corrected chi connectivity index (χ3v) is 0.874. The molecular weight excluding hydrogens is 145 g/mol. The molecule has 6 heteroatoms. The molecule has 0 bridgehead atoms. The van der Waals surface area contributed by atoms with Gasteiger partial charge in [0.05, 0.1) is 7.11 Å². The lowest BCUT2D eigenvalue weighted by molar-refractivity contribution is -0.511. The maximum Gasteiger partial charge on any atom is 0.384 e. The third-order valence-electron chi connectivity index (χ3n) is 0.874. The van der Waals surface area contributed by atoms with Crippen molar-refractivity contribution in [2.45, 2.75) is 6.04 Å². The maximum atomic E-state index is 11.6. The molecule has 0 aromatic rings. The van der Waals surface area contributed by atoms with Gasteiger partial charge in [-0.15, -0.1) is 0 Å². The van der Waals surface area contributed by atoms with Crippen molar-refractivity contribution >= 4 is 5.97 Å². The Hall–Kier alpha value is -1.20. The molecule has 5 nitrogen and oxygen atoms in total. The van der Waals surface area contributed by atoms with E-state index >= 15 is 0 Å². The highest BCUT2D eigenvalue weighted by atomic mass is 19.1. The SMILES string of the molecule is COC(=O)C(CF)[N+](=O)[O-]. The predicted molar refractivity (Wildman–Crippen MR) is 28.8 cm³/mol. The number of nitrogens with zero attached hydrogens (tertiary/aromatic N) is 1. The number of ether oxygens (including phenoxy) is 1. The van der Waals surface area contributed by atoms with Gasteiger partial charge in [-0.05, 0) is 0 Å². The molecule has 0 saturated heterocycles. The van der Waals surface area contributed by atoms with Gasteiger partial charge in [0.15, 0.2) is 6.67 Å². The van der Waals surface area contributed by atoms with Crippen LogP contribution >= 0.6 is 0 Å². The van der Waals surface area contributed by atoms with Gasteiger partial charge in [-0.25, -0.2) is 9.18 Å². The Morgan fingerprint density at radius 2 is 2.40 bits per heavy atom. The van der Waals surface area contributed by atoms with Crippen LogP contribution in [0.1, 0.15) is 0 Å². The summed E-state index contributed by atoms with van der Waals surface area (Å²) in [6, 6.07) is -1.87. The van der Waals surface area contributed by atoms with Crippen molar-refractivity contribution in [3.05, 3.63) is 10.1 Å². The fraction of sp³-hybridized carbons (Fsp3) is 0.750. The second kappa shape index (κ2) is 3.76. The fourth-order valence-corrected chi connectivity index (χ4v) is 0.341. The van der Waals surface area contributed by atoms with E-state index in [0.29, 0.717) is 0 Å². The monoisotopic (exact) mass is 151 g/mol. The first kappa shape index (κ1) is 8.80. The summed E-state index contributed by atoms with van der Waals surface area (Å²) in [6.45, 7) is -1.33. The number of hydrogen-bond acceptors (Lipinski definition) is 4. The number of halogens is 1. The van der Waals surface area contributed by atoms with E-state index in [9.17, 15) is 19.3 Å². The minimum Gasteiger partial charge on any atom is -0.464 e. The lowest BCUT2D eigenvalue weighted by Gasteiger charge is -2.00. The Morgan fingerprint density at radius 1 is 1.90 bits per heavy atom. The zero-order chi connectivity index (χ0) is 8.15. The number of carbonyl (C=O) groups excluding carboxylic acids is 1. The molecule has 0 rings (SSSR count). The van der Waals surface area contributed by atoms with Gasteiger partial charge in [0.2, 0.25) is 0 Å². The number of rotatable bonds is 3. The Balaban J connectivity index is 4.06. The summed E-state index contributed by atoms with van der Waals surface area (Å²) in [4.78, 5) is 19.1. The molecule has 10 heavy (non-hydrogen) atoms. The van der Waals surface area contributed by atoms with E-state index in [0.717, 1.165) is 7.11 Å². The van der Waals surface area contributed by atoms with Gasteiger partial charge in [-0.3, -0.25) is 10.1 Å². The predicted octanol–water partition coefficient (Wildman–Crippen LogP) is -0.226. The molecule has 1 atom stereocenters. The molecular formula is C4H6FNO4. The maximum absolute atomic E-state index is 11.6. The van der Waals surface area contributed by atoms with Gasteiger partial charge >= 0.3 is 12.0 Å². The van der Waals surface area contributed by atoms with E-state index in [1.54, 1.807) is 0 Å². The minimum atomic E-state index is -1.87. The summed E-state index contributed by atoms with van der Waals surface area (Å²) in [5.74, 6) is -1.16. The fourth-order valence-electron chi connectivity index (χ4n) is 0.341. The minimum absolute atomic E-state index is 0.967. The molecule has 0 amide bonds. The molecule has 0 heterocycles. The van der Waals surface area contributed by atoms with Gasteiger partial charge in [-0.1, -0.05) is 0 Å². The van der Waals surface area contributed by atoms with Crippen molar-refractivity contribution in [2.75, 3.05) is 13.8 Å². The van der Waals surface area contributed by atoms with Gasteiger partial charge in [-0.2, -0.15) is 0 Å². The van der Waals surface area contributed by atoms with E-state index in [1.165, 1.54) is 0 Å². The van der Waals surface area contributed by atoms with Crippen molar-refractivity contribution in [1.29, 1.82) is 0 Å². The van der Waals surface area contributed by atoms with Crippen LogP contribution in [-0.2, 0) is 9.53 Å². The summed E-state index contributed by atoms with van der Waals surface area (Å²) in [6.07, 6.45) is 0. The summed E-state index contributed by atoms with van der Waals surface area (Å²) < 4.78 is 15.5. The van der Waals surface area contributed by atoms with Gasteiger partial charge in [0, 0.05) is 4.92 Å². The van der Waals surface area contributed by atoms with Crippen LogP contribution in [0.25, 0.3) is 0 Å². The first-order chi connectivity index (χ1) is 4.63. The first-order valence-electron chi connectivity index (χ1n) is 2.40. The van der Waals surface area contributed by atoms with E-state index in [1.807, 2.05) is 0 Å². The molecule has 0 fully saturated rings. The van der Waals surface area contributed by atoms with Gasteiger partial charge in [0.25, 0.3) is 0 Å². The van der Waals surface area contributed by atoms with Crippen LogP contribution in [0.4, 0.5) is 4.39 Å². The summed E-state index contributed by atoms with van der Waals surface area (Å²) in [7, 11) is 0.967. The van der Waals surface area contributed by atoms with E-state index in [4.69, 9.17) is 0 Å². The normalized spacial score (nSPS) is 12.2. The molecule has 0 aliphatic heterocycles. The van der Waals surface area contributed by atoms with Crippen LogP contribution in [0.3, 0.4) is 0 Å². The number of carbonyl (C=O) groups is 1. The summed E-state index contributed by atoms with van der Waals surface area (Å²) >= 11 is 0. The molecule has 0 aliphatic carbocycles. The van der Waals surface area contributed by atoms with Crippen molar-refractivity contribution < 1.29 is 18.8 Å². The van der Waals surface area contributed by atoms with Crippen molar-refractivity contribution in [2.24, 2.45) is 0 Å². The number of alkyl halides is 1. The van der Waals surface area contributed by atoms with Gasteiger partial charge < -0.3 is 4.74 Å². The lowest BCUT2D eigenvalue weighted by atomic mass is 10.3. The summed E-state index contributed by atoms with van der Waals surface area (Å²) in [5, 5.41) is 9.80. The lowest BCUT2D eigenvalue weighted by Crippen LogP contribution is -2.32. The van der Waals surface area contributed by atoms with Crippen LogP contribution < -0.4 is 0 Å². The third kappa shape index (κ3) is 1.96. The molecule has 0 saturated carbocycles. The number of esters is 1. The molecule has 0 aromatic heterocycles. The second-order valence-corrected chi connectivity index (χ2v) is 1.48. The van der Waals surface area contributed by atoms with E-state index in [2.05, 4.69) is 4.74 Å². The van der Waals surface area contributed by atoms with Crippen molar-refractivity contribution in [1.82, 2.24) is 0 Å². The van der Waals surface area contributed by atoms with Crippen molar-refractivity contribution in [3.63, 3.8) is 0 Å². The van der Waals surface area contributed by atoms with Crippen LogP contribution in [0.15, 0.2) is 0 Å². The summed E-state index contributed by atoms with van der Waals surface area (Å²) in [5.41, 5.74) is 0.